The minimum atomic E-state index is -0.909. The van der Waals surface area contributed by atoms with Gasteiger partial charge in [0.15, 0.2) is 0 Å². The van der Waals surface area contributed by atoms with Gasteiger partial charge in [-0.3, -0.25) is 4.21 Å². The number of benzene rings is 1. The number of nitriles is 1. The Hall–Kier alpha value is -1.41. The third-order valence-electron chi connectivity index (χ3n) is 3.60. The van der Waals surface area contributed by atoms with Crippen molar-refractivity contribution in [2.75, 3.05) is 18.1 Å². The van der Waals surface area contributed by atoms with Crippen molar-refractivity contribution in [3.63, 3.8) is 0 Å². The fourth-order valence-corrected chi connectivity index (χ4v) is 3.32. The number of rotatable bonds is 4. The maximum absolute atomic E-state index is 13.4. The molecule has 1 aliphatic carbocycles. The second kappa shape index (κ2) is 5.07. The van der Waals surface area contributed by atoms with Gasteiger partial charge >= 0.3 is 0 Å². The number of anilines is 1. The lowest BCUT2D eigenvalue weighted by Gasteiger charge is -2.40. The zero-order chi connectivity index (χ0) is 13.2. The Morgan fingerprint density at radius 2 is 2.28 bits per heavy atom. The second-order valence-corrected chi connectivity index (χ2v) is 6.39. The van der Waals surface area contributed by atoms with Crippen molar-refractivity contribution in [3.8, 4) is 6.07 Å². The van der Waals surface area contributed by atoms with E-state index in [9.17, 15) is 8.60 Å². The zero-order valence-electron chi connectivity index (χ0n) is 10.2. The molecule has 0 radical (unpaired) electrons. The van der Waals surface area contributed by atoms with E-state index in [4.69, 9.17) is 5.26 Å². The summed E-state index contributed by atoms with van der Waals surface area (Å²) < 4.78 is 24.9. The molecule has 1 aliphatic rings. The molecule has 1 fully saturated rings. The summed E-state index contributed by atoms with van der Waals surface area (Å²) in [6.45, 7) is 0.522. The van der Waals surface area contributed by atoms with Gasteiger partial charge in [-0.1, -0.05) is 12.5 Å². The van der Waals surface area contributed by atoms with Crippen molar-refractivity contribution in [1.29, 1.82) is 5.26 Å². The molecular weight excluding hydrogens is 251 g/mol. The molecule has 2 rings (SSSR count). The smallest absolute Gasteiger partial charge is 0.143 e. The van der Waals surface area contributed by atoms with Crippen LogP contribution in [0.5, 0.6) is 0 Å². The highest BCUT2D eigenvalue weighted by molar-refractivity contribution is 7.85. The van der Waals surface area contributed by atoms with Crippen LogP contribution < -0.4 is 5.32 Å². The molecule has 1 aromatic rings. The van der Waals surface area contributed by atoms with Crippen LogP contribution in [0, 0.1) is 17.1 Å². The van der Waals surface area contributed by atoms with E-state index in [1.807, 2.05) is 6.07 Å². The van der Waals surface area contributed by atoms with Crippen LogP contribution in [0.3, 0.4) is 0 Å². The van der Waals surface area contributed by atoms with Gasteiger partial charge < -0.3 is 5.32 Å². The van der Waals surface area contributed by atoms with Crippen LogP contribution in [0.4, 0.5) is 10.1 Å². The topological polar surface area (TPSA) is 52.9 Å². The van der Waals surface area contributed by atoms with E-state index in [0.717, 1.165) is 19.3 Å². The Balaban J connectivity index is 2.14. The third kappa shape index (κ3) is 2.25. The summed E-state index contributed by atoms with van der Waals surface area (Å²) in [6, 6.07) is 6.35. The average molecular weight is 266 g/mol. The Morgan fingerprint density at radius 1 is 1.56 bits per heavy atom. The van der Waals surface area contributed by atoms with Crippen LogP contribution in [0.25, 0.3) is 0 Å². The minimum Gasteiger partial charge on any atom is -0.382 e. The average Bonchev–Trinajstić information content (AvgIpc) is 2.27. The largest absolute Gasteiger partial charge is 0.382 e. The first-order valence-electron chi connectivity index (χ1n) is 5.85. The van der Waals surface area contributed by atoms with Crippen molar-refractivity contribution in [1.82, 2.24) is 0 Å². The molecule has 96 valence electrons. The Labute approximate surface area is 108 Å². The quantitative estimate of drug-likeness (QED) is 0.910. The molecule has 1 N–H and O–H groups in total. The molecule has 0 aliphatic heterocycles. The highest BCUT2D eigenvalue weighted by atomic mass is 32.2. The van der Waals surface area contributed by atoms with Crippen LogP contribution in [0.15, 0.2) is 18.2 Å². The summed E-state index contributed by atoms with van der Waals surface area (Å²) in [5.41, 5.74) is 0.503. The summed E-state index contributed by atoms with van der Waals surface area (Å²) >= 11 is 0. The predicted octanol–water partition coefficient (Wildman–Crippen LogP) is 2.41. The van der Waals surface area contributed by atoms with Gasteiger partial charge in [-0.05, 0) is 25.0 Å². The fourth-order valence-electron chi connectivity index (χ4n) is 2.18. The van der Waals surface area contributed by atoms with Crippen LogP contribution >= 0.6 is 0 Å². The summed E-state index contributed by atoms with van der Waals surface area (Å²) in [5.74, 6) is -0.525. The van der Waals surface area contributed by atoms with Gasteiger partial charge in [0.25, 0.3) is 0 Å². The number of hydrogen-bond acceptors (Lipinski definition) is 3. The van der Waals surface area contributed by atoms with Crippen molar-refractivity contribution >= 4 is 16.5 Å². The lowest BCUT2D eigenvalue weighted by molar-refractivity contribution is 0.368. The summed E-state index contributed by atoms with van der Waals surface area (Å²) in [6.07, 6.45) is 4.62. The van der Waals surface area contributed by atoms with Gasteiger partial charge in [-0.25, -0.2) is 4.39 Å². The maximum atomic E-state index is 13.4. The molecule has 0 aromatic heterocycles. The number of nitrogens with one attached hydrogen (secondary N) is 1. The molecular formula is C13H15FN2OS. The van der Waals surface area contributed by atoms with Crippen molar-refractivity contribution in [2.24, 2.45) is 0 Å². The highest BCUT2D eigenvalue weighted by Crippen LogP contribution is 2.37. The first kappa shape index (κ1) is 13.0. The van der Waals surface area contributed by atoms with Crippen LogP contribution in [0.1, 0.15) is 24.8 Å². The predicted molar refractivity (Wildman–Crippen MR) is 70.3 cm³/mol. The lowest BCUT2D eigenvalue weighted by atomic mass is 9.84. The summed E-state index contributed by atoms with van der Waals surface area (Å²) in [5, 5.41) is 12.0. The molecule has 5 heteroatoms. The van der Waals surface area contributed by atoms with Gasteiger partial charge in [0, 0.05) is 23.6 Å². The van der Waals surface area contributed by atoms with Crippen molar-refractivity contribution < 1.29 is 8.60 Å². The van der Waals surface area contributed by atoms with Crippen molar-refractivity contribution in [3.05, 3.63) is 29.6 Å². The first-order valence-corrected chi connectivity index (χ1v) is 7.41. The standard InChI is InChI=1S/C13H15FN2OS/c1-18(17)13(6-3-7-13)9-16-12-5-2-4-11(14)10(12)8-15/h2,4-5,16H,3,6-7,9H2,1H3/t18-/m1/s1. The number of hydrogen-bond donors (Lipinski definition) is 1. The van der Waals surface area contributed by atoms with E-state index in [1.54, 1.807) is 18.4 Å². The van der Waals surface area contributed by atoms with Crippen LogP contribution in [0.2, 0.25) is 0 Å². The molecule has 18 heavy (non-hydrogen) atoms. The van der Waals surface area contributed by atoms with E-state index in [0.29, 0.717) is 12.2 Å². The van der Waals surface area contributed by atoms with E-state index < -0.39 is 16.6 Å². The van der Waals surface area contributed by atoms with E-state index in [2.05, 4.69) is 5.32 Å². The monoisotopic (exact) mass is 266 g/mol. The van der Waals surface area contributed by atoms with Crippen molar-refractivity contribution in [2.45, 2.75) is 24.0 Å². The molecule has 1 atom stereocenters. The molecule has 0 unspecified atom stereocenters. The molecule has 0 saturated heterocycles. The molecule has 1 aromatic carbocycles. The Bertz CT molecular complexity index is 520. The number of nitrogens with zero attached hydrogens (tertiary/aromatic N) is 1. The van der Waals surface area contributed by atoms with Gasteiger partial charge in [0.05, 0.1) is 10.4 Å². The zero-order valence-corrected chi connectivity index (χ0v) is 11.0. The number of halogens is 1. The molecule has 0 heterocycles. The molecule has 0 bridgehead atoms. The van der Waals surface area contributed by atoms with E-state index in [-0.39, 0.29) is 10.3 Å². The molecule has 3 nitrogen and oxygen atoms in total. The fraction of sp³-hybridized carbons (Fsp3) is 0.462. The van der Waals surface area contributed by atoms with Crippen LogP contribution in [-0.2, 0) is 10.8 Å². The SMILES string of the molecule is C[S@@](=O)C1(CNc2cccc(F)c2C#N)CCC1. The molecule has 0 spiro atoms. The molecule has 1 saturated carbocycles. The van der Waals surface area contributed by atoms with Crippen LogP contribution in [-0.4, -0.2) is 21.8 Å². The van der Waals surface area contributed by atoms with Gasteiger partial charge in [-0.2, -0.15) is 5.26 Å². The second-order valence-electron chi connectivity index (χ2n) is 4.62. The van der Waals surface area contributed by atoms with Gasteiger partial charge in [0.1, 0.15) is 17.4 Å². The lowest BCUT2D eigenvalue weighted by Crippen LogP contribution is -2.47. The normalized spacial score (nSPS) is 18.5. The molecule has 0 amide bonds. The van der Waals surface area contributed by atoms with Gasteiger partial charge in [-0.15, -0.1) is 0 Å². The van der Waals surface area contributed by atoms with E-state index >= 15 is 0 Å². The third-order valence-corrected chi connectivity index (χ3v) is 5.37. The summed E-state index contributed by atoms with van der Waals surface area (Å²) in [7, 11) is -0.909. The highest BCUT2D eigenvalue weighted by Gasteiger charge is 2.40. The van der Waals surface area contributed by atoms with Gasteiger partial charge in [0.2, 0.25) is 0 Å². The minimum absolute atomic E-state index is 0.0221. The first-order chi connectivity index (χ1) is 8.59. The maximum Gasteiger partial charge on any atom is 0.143 e. The summed E-state index contributed by atoms with van der Waals surface area (Å²) in [4.78, 5) is 0. The van der Waals surface area contributed by atoms with E-state index in [1.165, 1.54) is 6.07 Å². The Morgan fingerprint density at radius 3 is 2.78 bits per heavy atom. The Kier molecular flexibility index (Phi) is 3.67.